The van der Waals surface area contributed by atoms with Crippen molar-refractivity contribution in [1.82, 2.24) is 14.5 Å². The number of alkyl halides is 1. The summed E-state index contributed by atoms with van der Waals surface area (Å²) >= 11 is 7.02. The first-order valence-electron chi connectivity index (χ1n) is 6.81. The van der Waals surface area contributed by atoms with Gasteiger partial charge in [-0.25, -0.2) is 0 Å². The molecule has 0 radical (unpaired) electrons. The van der Waals surface area contributed by atoms with E-state index in [0.29, 0.717) is 16.7 Å². The second kappa shape index (κ2) is 6.66. The normalized spacial score (nSPS) is 20.0. The Morgan fingerprint density at radius 1 is 1.58 bits per heavy atom. The van der Waals surface area contributed by atoms with Gasteiger partial charge in [0.25, 0.3) is 5.91 Å². The average molecular weight is 302 g/mol. The molecule has 1 fully saturated rings. The lowest BCUT2D eigenvalue weighted by atomic mass is 9.95. The zero-order chi connectivity index (χ0) is 13.8. The van der Waals surface area contributed by atoms with E-state index < -0.39 is 0 Å². The van der Waals surface area contributed by atoms with Crippen LogP contribution in [0.5, 0.6) is 0 Å². The van der Waals surface area contributed by atoms with Gasteiger partial charge in [0.1, 0.15) is 4.88 Å². The first-order chi connectivity index (χ1) is 9.13. The zero-order valence-corrected chi connectivity index (χ0v) is 13.0. The molecule has 0 aliphatic carbocycles. The van der Waals surface area contributed by atoms with Crippen LogP contribution in [0.15, 0.2) is 0 Å². The molecule has 1 unspecified atom stereocenters. The number of halogens is 1. The lowest BCUT2D eigenvalue weighted by Gasteiger charge is -2.32. The third kappa shape index (κ3) is 3.45. The number of aromatic nitrogens is 2. The van der Waals surface area contributed by atoms with E-state index in [9.17, 15) is 4.79 Å². The molecule has 6 heteroatoms. The van der Waals surface area contributed by atoms with Crippen molar-refractivity contribution in [2.24, 2.45) is 5.92 Å². The number of amides is 1. The highest BCUT2D eigenvalue weighted by Crippen LogP contribution is 2.25. The molecule has 1 amide bonds. The summed E-state index contributed by atoms with van der Waals surface area (Å²) in [5, 5.41) is 4.09. The summed E-state index contributed by atoms with van der Waals surface area (Å²) in [6.45, 7) is 5.74. The Balaban J connectivity index is 2.08. The fourth-order valence-electron chi connectivity index (χ4n) is 2.51. The van der Waals surface area contributed by atoms with Gasteiger partial charge in [-0.3, -0.25) is 4.79 Å². The van der Waals surface area contributed by atoms with E-state index >= 15 is 0 Å². The molecule has 106 valence electrons. The molecule has 2 rings (SSSR count). The maximum Gasteiger partial charge on any atom is 0.267 e. The molecule has 1 atom stereocenters. The number of carbonyl (C=O) groups is 1. The van der Waals surface area contributed by atoms with Crippen molar-refractivity contribution < 1.29 is 4.79 Å². The molecular formula is C13H20ClN3OS. The highest BCUT2D eigenvalue weighted by atomic mass is 35.5. The van der Waals surface area contributed by atoms with Crippen LogP contribution in [0.2, 0.25) is 0 Å². The maximum absolute atomic E-state index is 12.6. The van der Waals surface area contributed by atoms with Gasteiger partial charge in [-0.15, -0.1) is 16.7 Å². The smallest absolute Gasteiger partial charge is 0.267 e. The molecule has 0 aromatic carbocycles. The third-order valence-electron chi connectivity index (χ3n) is 3.58. The Bertz CT molecular complexity index is 433. The van der Waals surface area contributed by atoms with Crippen molar-refractivity contribution in [3.05, 3.63) is 10.6 Å². The molecule has 0 saturated carbocycles. The van der Waals surface area contributed by atoms with Gasteiger partial charge in [-0.05, 0) is 42.6 Å². The monoisotopic (exact) mass is 301 g/mol. The van der Waals surface area contributed by atoms with Crippen molar-refractivity contribution in [3.8, 4) is 0 Å². The molecule has 0 bridgehead atoms. The first kappa shape index (κ1) is 14.7. The maximum atomic E-state index is 12.6. The molecular weight excluding hydrogens is 282 g/mol. The van der Waals surface area contributed by atoms with Gasteiger partial charge >= 0.3 is 0 Å². The Kier molecular flexibility index (Phi) is 5.16. The number of carbonyl (C=O) groups excluding carboxylic acids is 1. The van der Waals surface area contributed by atoms with E-state index in [1.807, 2.05) is 18.7 Å². The molecule has 1 aliphatic heterocycles. The Hall–Kier alpha value is -0.680. The van der Waals surface area contributed by atoms with Crippen LogP contribution in [0.1, 0.15) is 54.4 Å². The SMILES string of the molecule is CC(C)c1nnsc1C(=O)N1CCCC(CCCl)C1. The van der Waals surface area contributed by atoms with Crippen LogP contribution >= 0.6 is 23.1 Å². The van der Waals surface area contributed by atoms with E-state index in [1.54, 1.807) is 0 Å². The van der Waals surface area contributed by atoms with E-state index in [4.69, 9.17) is 11.6 Å². The van der Waals surface area contributed by atoms with Crippen molar-refractivity contribution in [2.45, 2.75) is 39.0 Å². The molecule has 1 saturated heterocycles. The minimum atomic E-state index is 0.0953. The van der Waals surface area contributed by atoms with Crippen molar-refractivity contribution in [3.63, 3.8) is 0 Å². The first-order valence-corrected chi connectivity index (χ1v) is 8.11. The standard InChI is InChI=1S/C13H20ClN3OS/c1-9(2)11-12(19-16-15-11)13(18)17-7-3-4-10(8-17)5-6-14/h9-10H,3-8H2,1-2H3. The predicted octanol–water partition coefficient (Wildman–Crippen LogP) is 3.14. The summed E-state index contributed by atoms with van der Waals surface area (Å²) < 4.78 is 3.94. The minimum absolute atomic E-state index is 0.0953. The van der Waals surface area contributed by atoms with Gasteiger partial charge in [-0.2, -0.15) is 0 Å². The van der Waals surface area contributed by atoms with Gasteiger partial charge in [-0.1, -0.05) is 18.3 Å². The van der Waals surface area contributed by atoms with Crippen LogP contribution in [0.25, 0.3) is 0 Å². The van der Waals surface area contributed by atoms with E-state index in [0.717, 1.165) is 31.6 Å². The van der Waals surface area contributed by atoms with Gasteiger partial charge in [0.15, 0.2) is 0 Å². The molecule has 0 N–H and O–H groups in total. The molecule has 1 aromatic rings. The Labute approximate surface area is 123 Å². The average Bonchev–Trinajstić information content (AvgIpc) is 2.88. The quantitative estimate of drug-likeness (QED) is 0.803. The molecule has 1 aliphatic rings. The van der Waals surface area contributed by atoms with Crippen LogP contribution < -0.4 is 0 Å². The molecule has 2 heterocycles. The highest BCUT2D eigenvalue weighted by Gasteiger charge is 2.28. The van der Waals surface area contributed by atoms with E-state index in [-0.39, 0.29) is 11.8 Å². The zero-order valence-electron chi connectivity index (χ0n) is 11.4. The second-order valence-corrected chi connectivity index (χ2v) is 6.51. The summed E-state index contributed by atoms with van der Waals surface area (Å²) in [6.07, 6.45) is 3.23. The van der Waals surface area contributed by atoms with Crippen LogP contribution in [-0.4, -0.2) is 39.4 Å². The highest BCUT2D eigenvalue weighted by molar-refractivity contribution is 7.08. The number of hydrogen-bond donors (Lipinski definition) is 0. The van der Waals surface area contributed by atoms with Gasteiger partial charge in [0, 0.05) is 19.0 Å². The summed E-state index contributed by atoms with van der Waals surface area (Å²) in [7, 11) is 0. The number of likely N-dealkylation sites (tertiary alicyclic amines) is 1. The third-order valence-corrected chi connectivity index (χ3v) is 4.53. The van der Waals surface area contributed by atoms with Crippen LogP contribution in [-0.2, 0) is 0 Å². The van der Waals surface area contributed by atoms with Crippen molar-refractivity contribution >= 4 is 29.0 Å². The fourth-order valence-corrected chi connectivity index (χ4v) is 3.60. The largest absolute Gasteiger partial charge is 0.338 e. The molecule has 4 nitrogen and oxygen atoms in total. The topological polar surface area (TPSA) is 46.1 Å². The number of rotatable bonds is 4. The lowest BCUT2D eigenvalue weighted by Crippen LogP contribution is -2.40. The number of piperidine rings is 1. The molecule has 19 heavy (non-hydrogen) atoms. The minimum Gasteiger partial charge on any atom is -0.338 e. The van der Waals surface area contributed by atoms with Gasteiger partial charge in [0.05, 0.1) is 5.69 Å². The van der Waals surface area contributed by atoms with Gasteiger partial charge in [0.2, 0.25) is 0 Å². The Morgan fingerprint density at radius 2 is 2.37 bits per heavy atom. The van der Waals surface area contributed by atoms with Crippen LogP contribution in [0, 0.1) is 5.92 Å². The summed E-state index contributed by atoms with van der Waals surface area (Å²) in [6, 6.07) is 0. The van der Waals surface area contributed by atoms with Crippen LogP contribution in [0.3, 0.4) is 0 Å². The van der Waals surface area contributed by atoms with Crippen LogP contribution in [0.4, 0.5) is 0 Å². The Morgan fingerprint density at radius 3 is 3.05 bits per heavy atom. The summed E-state index contributed by atoms with van der Waals surface area (Å²) in [5.74, 6) is 1.55. The van der Waals surface area contributed by atoms with Crippen molar-refractivity contribution in [2.75, 3.05) is 19.0 Å². The number of hydrogen-bond acceptors (Lipinski definition) is 4. The lowest BCUT2D eigenvalue weighted by molar-refractivity contribution is 0.0675. The summed E-state index contributed by atoms with van der Waals surface area (Å²) in [4.78, 5) is 15.2. The van der Waals surface area contributed by atoms with Crippen molar-refractivity contribution in [1.29, 1.82) is 0 Å². The fraction of sp³-hybridized carbons (Fsp3) is 0.769. The van der Waals surface area contributed by atoms with E-state index in [2.05, 4.69) is 9.59 Å². The molecule has 1 aromatic heterocycles. The second-order valence-electron chi connectivity index (χ2n) is 5.38. The number of nitrogens with zero attached hydrogens (tertiary/aromatic N) is 3. The van der Waals surface area contributed by atoms with Gasteiger partial charge < -0.3 is 4.90 Å². The summed E-state index contributed by atoms with van der Waals surface area (Å²) in [5.41, 5.74) is 0.828. The predicted molar refractivity (Wildman–Crippen MR) is 78.0 cm³/mol. The van der Waals surface area contributed by atoms with E-state index in [1.165, 1.54) is 18.0 Å². The molecule has 0 spiro atoms.